The molecule has 0 heterocycles. The average molecular weight is 294 g/mol. The van der Waals surface area contributed by atoms with E-state index in [9.17, 15) is 24.0 Å². The number of hydrogen-bond acceptors (Lipinski definition) is 4. The number of nitro groups is 1. The van der Waals surface area contributed by atoms with Crippen molar-refractivity contribution in [1.29, 1.82) is 0 Å². The standard InChI is InChI=1S/C14H12F2N2O3/c15-11-6-12(16)13(18(20)21)5-10(11)8-17-7-9-3-1-2-4-14(9)19/h1-6,17,19H,7-8H2. The summed E-state index contributed by atoms with van der Waals surface area (Å²) in [7, 11) is 0. The number of nitrogens with zero attached hydrogens (tertiary/aromatic N) is 1. The fourth-order valence-electron chi connectivity index (χ4n) is 1.85. The molecule has 5 nitrogen and oxygen atoms in total. The average Bonchev–Trinajstić information content (AvgIpc) is 2.42. The van der Waals surface area contributed by atoms with Crippen LogP contribution in [0, 0.1) is 21.7 Å². The molecule has 0 fully saturated rings. The Bertz CT molecular complexity index is 677. The second-order valence-corrected chi connectivity index (χ2v) is 4.38. The molecular formula is C14H12F2N2O3. The zero-order valence-corrected chi connectivity index (χ0v) is 10.8. The fraction of sp³-hybridized carbons (Fsp3) is 0.143. The van der Waals surface area contributed by atoms with Crippen LogP contribution in [0.15, 0.2) is 36.4 Å². The van der Waals surface area contributed by atoms with E-state index in [1.807, 2.05) is 0 Å². The highest BCUT2D eigenvalue weighted by Gasteiger charge is 2.18. The van der Waals surface area contributed by atoms with Crippen molar-refractivity contribution in [2.75, 3.05) is 0 Å². The van der Waals surface area contributed by atoms with Crippen molar-refractivity contribution in [3.63, 3.8) is 0 Å². The van der Waals surface area contributed by atoms with Crippen molar-refractivity contribution in [3.05, 3.63) is 69.3 Å². The Labute approximate surface area is 119 Å². The number of phenols is 1. The largest absolute Gasteiger partial charge is 0.508 e. The molecule has 0 saturated carbocycles. The lowest BCUT2D eigenvalue weighted by Gasteiger charge is -2.08. The summed E-state index contributed by atoms with van der Waals surface area (Å²) in [4.78, 5) is 9.71. The summed E-state index contributed by atoms with van der Waals surface area (Å²) in [6.07, 6.45) is 0. The minimum atomic E-state index is -1.21. The smallest absolute Gasteiger partial charge is 0.305 e. The molecule has 2 rings (SSSR count). The van der Waals surface area contributed by atoms with Crippen molar-refractivity contribution in [1.82, 2.24) is 5.32 Å². The number of aromatic hydroxyl groups is 1. The van der Waals surface area contributed by atoms with E-state index in [2.05, 4.69) is 5.32 Å². The topological polar surface area (TPSA) is 75.4 Å². The summed E-state index contributed by atoms with van der Waals surface area (Å²) in [5.74, 6) is -1.97. The predicted molar refractivity (Wildman–Crippen MR) is 71.7 cm³/mol. The molecule has 2 N–H and O–H groups in total. The third-order valence-electron chi connectivity index (χ3n) is 2.94. The van der Waals surface area contributed by atoms with E-state index in [1.165, 1.54) is 6.07 Å². The summed E-state index contributed by atoms with van der Waals surface area (Å²) >= 11 is 0. The van der Waals surface area contributed by atoms with E-state index < -0.39 is 22.2 Å². The molecular weight excluding hydrogens is 282 g/mol. The molecule has 0 aromatic heterocycles. The highest BCUT2D eigenvalue weighted by molar-refractivity contribution is 5.37. The van der Waals surface area contributed by atoms with Crippen LogP contribution < -0.4 is 5.32 Å². The van der Waals surface area contributed by atoms with Crippen LogP contribution in [0.5, 0.6) is 5.75 Å². The van der Waals surface area contributed by atoms with Crippen molar-refractivity contribution >= 4 is 5.69 Å². The Morgan fingerprint density at radius 3 is 2.43 bits per heavy atom. The maximum absolute atomic E-state index is 13.5. The van der Waals surface area contributed by atoms with Gasteiger partial charge in [-0.15, -0.1) is 0 Å². The van der Waals surface area contributed by atoms with Crippen LogP contribution in [-0.2, 0) is 13.1 Å². The number of rotatable bonds is 5. The van der Waals surface area contributed by atoms with E-state index in [4.69, 9.17) is 0 Å². The Balaban J connectivity index is 2.08. The summed E-state index contributed by atoms with van der Waals surface area (Å²) < 4.78 is 26.7. The normalized spacial score (nSPS) is 10.6. The van der Waals surface area contributed by atoms with Gasteiger partial charge in [0.25, 0.3) is 0 Å². The number of halogens is 2. The molecule has 0 amide bonds. The molecule has 0 aliphatic heterocycles. The molecule has 0 saturated heterocycles. The Kier molecular flexibility index (Phi) is 4.44. The lowest BCUT2D eigenvalue weighted by molar-refractivity contribution is -0.387. The van der Waals surface area contributed by atoms with Gasteiger partial charge in [-0.3, -0.25) is 10.1 Å². The van der Waals surface area contributed by atoms with Crippen LogP contribution in [0.2, 0.25) is 0 Å². The minimum Gasteiger partial charge on any atom is -0.508 e. The van der Waals surface area contributed by atoms with Crippen molar-refractivity contribution < 1.29 is 18.8 Å². The molecule has 7 heteroatoms. The van der Waals surface area contributed by atoms with Gasteiger partial charge in [-0.25, -0.2) is 4.39 Å². The monoisotopic (exact) mass is 294 g/mol. The Hall–Kier alpha value is -2.54. The van der Waals surface area contributed by atoms with Gasteiger partial charge in [-0.05, 0) is 6.07 Å². The third-order valence-corrected chi connectivity index (χ3v) is 2.94. The van der Waals surface area contributed by atoms with Gasteiger partial charge in [0.05, 0.1) is 4.92 Å². The number of para-hydroxylation sites is 1. The summed E-state index contributed by atoms with van der Waals surface area (Å²) in [6.45, 7) is 0.221. The van der Waals surface area contributed by atoms with Crippen LogP contribution in [0.25, 0.3) is 0 Å². The van der Waals surface area contributed by atoms with E-state index in [0.29, 0.717) is 11.6 Å². The second-order valence-electron chi connectivity index (χ2n) is 4.38. The van der Waals surface area contributed by atoms with Crippen molar-refractivity contribution in [3.8, 4) is 5.75 Å². The molecule has 110 valence electrons. The summed E-state index contributed by atoms with van der Waals surface area (Å²) in [6, 6.07) is 7.96. The highest BCUT2D eigenvalue weighted by Crippen LogP contribution is 2.22. The van der Waals surface area contributed by atoms with E-state index in [-0.39, 0.29) is 24.4 Å². The molecule has 2 aromatic carbocycles. The van der Waals surface area contributed by atoms with Crippen LogP contribution >= 0.6 is 0 Å². The lowest BCUT2D eigenvalue weighted by Crippen LogP contribution is -2.14. The second kappa shape index (κ2) is 6.27. The van der Waals surface area contributed by atoms with E-state index in [0.717, 1.165) is 6.07 Å². The first kappa shape index (κ1) is 14.9. The SMILES string of the molecule is O=[N+]([O-])c1cc(CNCc2ccccc2O)c(F)cc1F. The molecule has 0 aliphatic rings. The number of nitro benzene ring substituents is 1. The Morgan fingerprint density at radius 2 is 1.76 bits per heavy atom. The van der Waals surface area contributed by atoms with Crippen LogP contribution in [-0.4, -0.2) is 10.0 Å². The first-order valence-electron chi connectivity index (χ1n) is 6.09. The number of nitrogens with one attached hydrogen (secondary N) is 1. The molecule has 0 unspecified atom stereocenters. The van der Waals surface area contributed by atoms with Gasteiger partial charge in [0.15, 0.2) is 0 Å². The summed E-state index contributed by atoms with van der Waals surface area (Å²) in [5, 5.41) is 23.0. The Morgan fingerprint density at radius 1 is 1.10 bits per heavy atom. The highest BCUT2D eigenvalue weighted by atomic mass is 19.1. The molecule has 21 heavy (non-hydrogen) atoms. The predicted octanol–water partition coefficient (Wildman–Crippen LogP) is 2.87. The van der Waals surface area contributed by atoms with Crippen LogP contribution in [0.1, 0.15) is 11.1 Å². The molecule has 0 atom stereocenters. The van der Waals surface area contributed by atoms with Crippen LogP contribution in [0.4, 0.5) is 14.5 Å². The van der Waals surface area contributed by atoms with E-state index in [1.54, 1.807) is 18.2 Å². The lowest BCUT2D eigenvalue weighted by atomic mass is 10.1. The molecule has 0 spiro atoms. The van der Waals surface area contributed by atoms with Gasteiger partial charge in [0.1, 0.15) is 11.6 Å². The van der Waals surface area contributed by atoms with Gasteiger partial charge < -0.3 is 10.4 Å². The number of benzene rings is 2. The molecule has 0 bridgehead atoms. The van der Waals surface area contributed by atoms with Gasteiger partial charge in [0.2, 0.25) is 5.82 Å². The number of hydrogen-bond donors (Lipinski definition) is 2. The van der Waals surface area contributed by atoms with Gasteiger partial charge >= 0.3 is 5.69 Å². The maximum atomic E-state index is 13.5. The zero-order chi connectivity index (χ0) is 15.4. The zero-order valence-electron chi connectivity index (χ0n) is 10.8. The van der Waals surface area contributed by atoms with E-state index >= 15 is 0 Å². The molecule has 2 aromatic rings. The van der Waals surface area contributed by atoms with Gasteiger partial charge in [-0.1, -0.05) is 18.2 Å². The van der Waals surface area contributed by atoms with Crippen LogP contribution in [0.3, 0.4) is 0 Å². The number of phenolic OH excluding ortho intramolecular Hbond substituents is 1. The quantitative estimate of drug-likeness (QED) is 0.656. The minimum absolute atomic E-state index is 0.0153. The van der Waals surface area contributed by atoms with Crippen molar-refractivity contribution in [2.45, 2.75) is 13.1 Å². The maximum Gasteiger partial charge on any atom is 0.305 e. The summed E-state index contributed by atoms with van der Waals surface area (Å²) in [5.41, 5.74) is -0.177. The first-order chi connectivity index (χ1) is 9.99. The fourth-order valence-corrected chi connectivity index (χ4v) is 1.85. The van der Waals surface area contributed by atoms with Crippen molar-refractivity contribution in [2.24, 2.45) is 0 Å². The molecule has 0 aliphatic carbocycles. The van der Waals surface area contributed by atoms with Gasteiger partial charge in [-0.2, -0.15) is 4.39 Å². The van der Waals surface area contributed by atoms with Gasteiger partial charge in [0, 0.05) is 36.3 Å². The third kappa shape index (κ3) is 3.51. The first-order valence-corrected chi connectivity index (χ1v) is 6.09. The molecule has 0 radical (unpaired) electrons.